The van der Waals surface area contributed by atoms with Gasteiger partial charge in [-0.1, -0.05) is 142 Å². The van der Waals surface area contributed by atoms with Crippen LogP contribution < -0.4 is 5.32 Å². The molecule has 0 radical (unpaired) electrons. The third-order valence-corrected chi connectivity index (χ3v) is 6.82. The van der Waals surface area contributed by atoms with E-state index < -0.39 is 0 Å². The fourth-order valence-corrected chi connectivity index (χ4v) is 4.82. The summed E-state index contributed by atoms with van der Waals surface area (Å²) in [6, 6.07) is 0.813. The third kappa shape index (κ3) is 18.0. The van der Waals surface area contributed by atoms with Crippen LogP contribution in [0.5, 0.6) is 0 Å². The van der Waals surface area contributed by atoms with Crippen LogP contribution in [-0.2, 0) is 0 Å². The monoisotopic (exact) mass is 393 g/mol. The first kappa shape index (κ1) is 26.0. The van der Waals surface area contributed by atoms with Crippen LogP contribution in [-0.4, -0.2) is 12.6 Å². The van der Waals surface area contributed by atoms with E-state index in [1.54, 1.807) is 0 Å². The van der Waals surface area contributed by atoms with Gasteiger partial charge in [0.25, 0.3) is 0 Å². The molecule has 0 atom stereocenters. The smallest absolute Gasteiger partial charge is 0.00670 e. The fourth-order valence-electron chi connectivity index (χ4n) is 4.82. The van der Waals surface area contributed by atoms with E-state index in [9.17, 15) is 0 Å². The molecule has 1 saturated carbocycles. The predicted octanol–water partition coefficient (Wildman–Crippen LogP) is 9.34. The summed E-state index contributed by atoms with van der Waals surface area (Å²) in [6.45, 7) is 3.57. The summed E-state index contributed by atoms with van der Waals surface area (Å²) in [7, 11) is 0. The lowest BCUT2D eigenvalue weighted by Crippen LogP contribution is -2.30. The molecule has 1 nitrogen and oxygen atoms in total. The third-order valence-electron chi connectivity index (χ3n) is 6.82. The molecule has 1 rings (SSSR count). The lowest BCUT2D eigenvalue weighted by atomic mass is 10.0. The zero-order chi connectivity index (χ0) is 20.0. The van der Waals surface area contributed by atoms with Crippen LogP contribution in [0, 0.1) is 0 Å². The molecule has 0 amide bonds. The first-order valence-electron chi connectivity index (χ1n) is 13.7. The van der Waals surface area contributed by atoms with Gasteiger partial charge in [0.05, 0.1) is 0 Å². The predicted molar refractivity (Wildman–Crippen MR) is 128 cm³/mol. The molecule has 0 spiro atoms. The largest absolute Gasteiger partial charge is 0.314 e. The van der Waals surface area contributed by atoms with Crippen molar-refractivity contribution in [3.05, 3.63) is 0 Å². The van der Waals surface area contributed by atoms with Gasteiger partial charge in [0, 0.05) is 6.04 Å². The average Bonchev–Trinajstić information content (AvgIpc) is 2.73. The number of unbranched alkanes of at least 4 members (excludes halogenated alkanes) is 11. The van der Waals surface area contributed by atoms with E-state index in [0.717, 1.165) is 6.04 Å². The highest BCUT2D eigenvalue weighted by molar-refractivity contribution is 4.68. The molecule has 0 saturated heterocycles. The highest BCUT2D eigenvalue weighted by Crippen LogP contribution is 2.17. The van der Waals surface area contributed by atoms with Crippen LogP contribution in [0.15, 0.2) is 0 Å². The summed E-state index contributed by atoms with van der Waals surface area (Å²) >= 11 is 0. The summed E-state index contributed by atoms with van der Waals surface area (Å²) in [6.07, 6.45) is 35.0. The quantitative estimate of drug-likeness (QED) is 0.290. The average molecular weight is 394 g/mol. The van der Waals surface area contributed by atoms with Crippen molar-refractivity contribution in [1.29, 1.82) is 0 Å². The SMILES string of the molecule is CCCCCCCCCCCCCCNC1CCCCCCCCCCCC1. The molecule has 1 N–H and O–H groups in total. The summed E-state index contributed by atoms with van der Waals surface area (Å²) in [5, 5.41) is 3.92. The van der Waals surface area contributed by atoms with Gasteiger partial charge in [0.2, 0.25) is 0 Å². The molecular formula is C27H55N. The van der Waals surface area contributed by atoms with E-state index in [-0.39, 0.29) is 0 Å². The van der Waals surface area contributed by atoms with Crippen LogP contribution in [0.3, 0.4) is 0 Å². The molecule has 1 aliphatic rings. The molecule has 1 fully saturated rings. The van der Waals surface area contributed by atoms with Gasteiger partial charge in [-0.25, -0.2) is 0 Å². The summed E-state index contributed by atoms with van der Waals surface area (Å²) in [5.41, 5.74) is 0. The topological polar surface area (TPSA) is 12.0 Å². The lowest BCUT2D eigenvalue weighted by Gasteiger charge is -2.19. The van der Waals surface area contributed by atoms with Crippen LogP contribution in [0.25, 0.3) is 0 Å². The van der Waals surface area contributed by atoms with E-state index in [0.29, 0.717) is 0 Å². The Morgan fingerprint density at radius 2 is 0.821 bits per heavy atom. The maximum absolute atomic E-state index is 3.92. The zero-order valence-electron chi connectivity index (χ0n) is 19.8. The van der Waals surface area contributed by atoms with Gasteiger partial charge < -0.3 is 5.32 Å². The minimum absolute atomic E-state index is 0.813. The molecule has 28 heavy (non-hydrogen) atoms. The van der Waals surface area contributed by atoms with Crippen molar-refractivity contribution in [2.75, 3.05) is 6.54 Å². The number of nitrogens with one attached hydrogen (secondary N) is 1. The zero-order valence-corrected chi connectivity index (χ0v) is 19.8. The fraction of sp³-hybridized carbons (Fsp3) is 1.00. The second-order valence-corrected chi connectivity index (χ2v) is 9.65. The Morgan fingerprint density at radius 1 is 0.464 bits per heavy atom. The second kappa shape index (κ2) is 21.7. The van der Waals surface area contributed by atoms with Gasteiger partial charge in [-0.15, -0.1) is 0 Å². The maximum atomic E-state index is 3.92. The van der Waals surface area contributed by atoms with Crippen LogP contribution >= 0.6 is 0 Å². The summed E-state index contributed by atoms with van der Waals surface area (Å²) in [4.78, 5) is 0. The molecule has 0 aromatic rings. The van der Waals surface area contributed by atoms with Crippen LogP contribution in [0.2, 0.25) is 0 Å². The highest BCUT2D eigenvalue weighted by Gasteiger charge is 2.08. The molecule has 1 aliphatic carbocycles. The van der Waals surface area contributed by atoms with Crippen molar-refractivity contribution in [3.8, 4) is 0 Å². The Balaban J connectivity index is 1.92. The van der Waals surface area contributed by atoms with Crippen molar-refractivity contribution in [2.45, 2.75) is 167 Å². The van der Waals surface area contributed by atoms with Crippen molar-refractivity contribution in [2.24, 2.45) is 0 Å². The highest BCUT2D eigenvalue weighted by atomic mass is 14.9. The van der Waals surface area contributed by atoms with Gasteiger partial charge in [0.1, 0.15) is 0 Å². The summed E-state index contributed by atoms with van der Waals surface area (Å²) < 4.78 is 0. The van der Waals surface area contributed by atoms with Gasteiger partial charge in [-0.2, -0.15) is 0 Å². The van der Waals surface area contributed by atoms with E-state index in [1.807, 2.05) is 0 Å². The molecule has 1 heteroatoms. The molecular weight excluding hydrogens is 338 g/mol. The van der Waals surface area contributed by atoms with E-state index in [1.165, 1.54) is 161 Å². The lowest BCUT2D eigenvalue weighted by molar-refractivity contribution is 0.409. The molecule has 168 valence electrons. The molecule has 0 bridgehead atoms. The van der Waals surface area contributed by atoms with Crippen LogP contribution in [0.4, 0.5) is 0 Å². The van der Waals surface area contributed by atoms with Crippen molar-refractivity contribution >= 4 is 0 Å². The molecule has 0 heterocycles. The number of rotatable bonds is 14. The number of hydrogen-bond acceptors (Lipinski definition) is 1. The Labute approximate surface area is 179 Å². The first-order valence-corrected chi connectivity index (χ1v) is 13.7. The minimum Gasteiger partial charge on any atom is -0.314 e. The van der Waals surface area contributed by atoms with Gasteiger partial charge in [0.15, 0.2) is 0 Å². The maximum Gasteiger partial charge on any atom is 0.00670 e. The van der Waals surface area contributed by atoms with Crippen molar-refractivity contribution in [3.63, 3.8) is 0 Å². The Morgan fingerprint density at radius 3 is 1.25 bits per heavy atom. The van der Waals surface area contributed by atoms with E-state index in [2.05, 4.69) is 12.2 Å². The van der Waals surface area contributed by atoms with Gasteiger partial charge in [-0.3, -0.25) is 0 Å². The number of hydrogen-bond donors (Lipinski definition) is 1. The Bertz CT molecular complexity index is 274. The normalized spacial score (nSPS) is 18.3. The molecule has 0 aliphatic heterocycles. The first-order chi connectivity index (χ1) is 13.9. The van der Waals surface area contributed by atoms with Crippen LogP contribution in [0.1, 0.15) is 161 Å². The standard InChI is InChI=1S/C27H55N/c1-2-3-4-5-6-7-8-11-14-17-20-23-26-28-27-24-21-18-15-12-9-10-13-16-19-22-25-27/h27-28H,2-26H2,1H3. The van der Waals surface area contributed by atoms with E-state index >= 15 is 0 Å². The Kier molecular flexibility index (Phi) is 20.1. The molecule has 0 aromatic carbocycles. The Hall–Kier alpha value is -0.0400. The van der Waals surface area contributed by atoms with Crippen molar-refractivity contribution in [1.82, 2.24) is 5.32 Å². The van der Waals surface area contributed by atoms with Gasteiger partial charge >= 0.3 is 0 Å². The van der Waals surface area contributed by atoms with Crippen molar-refractivity contribution < 1.29 is 0 Å². The minimum atomic E-state index is 0.813. The molecule has 0 aromatic heterocycles. The van der Waals surface area contributed by atoms with E-state index in [4.69, 9.17) is 0 Å². The van der Waals surface area contributed by atoms with Gasteiger partial charge in [-0.05, 0) is 25.8 Å². The summed E-state index contributed by atoms with van der Waals surface area (Å²) in [5.74, 6) is 0. The second-order valence-electron chi connectivity index (χ2n) is 9.65. The molecule has 0 unspecified atom stereocenters.